The second-order valence-corrected chi connectivity index (χ2v) is 4.96. The summed E-state index contributed by atoms with van der Waals surface area (Å²) in [5, 5.41) is 34.6. The molecule has 0 heterocycles. The van der Waals surface area contributed by atoms with Gasteiger partial charge in [0.2, 0.25) is 0 Å². The molecule has 4 N–H and O–H groups in total. The number of hydrogen-bond acceptors (Lipinski definition) is 8. The number of carboxylic acids is 2. The monoisotopic (exact) mass is 348 g/mol. The summed E-state index contributed by atoms with van der Waals surface area (Å²) in [7, 11) is 0. The normalized spacial score (nSPS) is 10.6. The average molecular weight is 348 g/mol. The molecule has 0 saturated carbocycles. The molecule has 138 valence electrons. The highest BCUT2D eigenvalue weighted by atomic mass is 17.1. The number of carboxylic acid groups (broad SMARTS) is 2. The minimum Gasteiger partial charge on any atom is -0.481 e. The first-order valence-corrected chi connectivity index (χ1v) is 7.13. The van der Waals surface area contributed by atoms with Crippen molar-refractivity contribution in [3.63, 3.8) is 0 Å². The van der Waals surface area contributed by atoms with Crippen molar-refractivity contribution in [1.82, 2.24) is 9.80 Å². The minimum atomic E-state index is -0.983. The maximum absolute atomic E-state index is 10.7. The van der Waals surface area contributed by atoms with Crippen LogP contribution in [0.5, 0.6) is 0 Å². The Bertz CT molecular complexity index is 404. The molecule has 0 aliphatic carbocycles. The Morgan fingerprint density at radius 1 is 0.792 bits per heavy atom. The van der Waals surface area contributed by atoms with Crippen molar-refractivity contribution in [2.24, 2.45) is 0 Å². The van der Waals surface area contributed by atoms with Crippen LogP contribution in [0, 0.1) is 0 Å². The van der Waals surface area contributed by atoms with Gasteiger partial charge in [-0.15, -0.1) is 0 Å². The first-order valence-electron chi connectivity index (χ1n) is 7.13. The smallest absolute Gasteiger partial charge is 0.304 e. The van der Waals surface area contributed by atoms with E-state index in [1.165, 1.54) is 4.90 Å². The first kappa shape index (κ1) is 22.0. The fraction of sp³-hybridized carbons (Fsp3) is 0.571. The molecule has 0 bridgehead atoms. The lowest BCUT2D eigenvalue weighted by molar-refractivity contribution is -0.241. The molecular formula is C14H24N2O8. The summed E-state index contributed by atoms with van der Waals surface area (Å²) < 4.78 is 0. The zero-order chi connectivity index (χ0) is 18.5. The van der Waals surface area contributed by atoms with Crippen LogP contribution in [0.3, 0.4) is 0 Å². The van der Waals surface area contributed by atoms with Crippen LogP contribution in [0.4, 0.5) is 0 Å². The predicted octanol–water partition coefficient (Wildman–Crippen LogP) is 0.546. The quantitative estimate of drug-likeness (QED) is 0.245. The Hall–Kier alpha value is -1.98. The summed E-state index contributed by atoms with van der Waals surface area (Å²) in [6.45, 7) is 7.97. The SMILES string of the molecule is C=C(COO)N(CCN(CCC(=O)O)CCC(=O)O)C(=C)COO. The molecule has 0 saturated heterocycles. The maximum Gasteiger partial charge on any atom is 0.304 e. The van der Waals surface area contributed by atoms with E-state index in [1.54, 1.807) is 4.90 Å². The van der Waals surface area contributed by atoms with Crippen molar-refractivity contribution in [2.45, 2.75) is 12.8 Å². The fourth-order valence-electron chi connectivity index (χ4n) is 1.93. The fourth-order valence-corrected chi connectivity index (χ4v) is 1.93. The Kier molecular flexibility index (Phi) is 11.4. The topological polar surface area (TPSA) is 140 Å². The van der Waals surface area contributed by atoms with E-state index < -0.39 is 11.9 Å². The molecule has 0 unspecified atom stereocenters. The van der Waals surface area contributed by atoms with E-state index in [0.717, 1.165) is 0 Å². The van der Waals surface area contributed by atoms with Crippen LogP contribution < -0.4 is 0 Å². The molecule has 0 aliphatic heterocycles. The zero-order valence-corrected chi connectivity index (χ0v) is 13.4. The van der Waals surface area contributed by atoms with Gasteiger partial charge in [0.15, 0.2) is 0 Å². The molecule has 0 spiro atoms. The molecule has 0 aromatic rings. The third-order valence-electron chi connectivity index (χ3n) is 3.15. The molecule has 0 fully saturated rings. The lowest BCUT2D eigenvalue weighted by Gasteiger charge is -2.30. The van der Waals surface area contributed by atoms with Crippen LogP contribution in [0.2, 0.25) is 0 Å². The summed E-state index contributed by atoms with van der Waals surface area (Å²) in [5.74, 6) is -1.97. The molecule has 0 rings (SSSR count). The zero-order valence-electron chi connectivity index (χ0n) is 13.4. The Balaban J connectivity index is 4.78. The van der Waals surface area contributed by atoms with Gasteiger partial charge in [0.05, 0.1) is 12.8 Å². The predicted molar refractivity (Wildman–Crippen MR) is 83.1 cm³/mol. The van der Waals surface area contributed by atoms with Gasteiger partial charge in [-0.05, 0) is 0 Å². The molecule has 0 amide bonds. The van der Waals surface area contributed by atoms with Crippen LogP contribution in [0.25, 0.3) is 0 Å². The third-order valence-corrected chi connectivity index (χ3v) is 3.15. The second kappa shape index (κ2) is 12.4. The van der Waals surface area contributed by atoms with E-state index in [2.05, 4.69) is 22.9 Å². The van der Waals surface area contributed by atoms with Crippen LogP contribution >= 0.6 is 0 Å². The maximum atomic E-state index is 10.7. The molecular weight excluding hydrogens is 324 g/mol. The van der Waals surface area contributed by atoms with E-state index in [1.807, 2.05) is 0 Å². The van der Waals surface area contributed by atoms with E-state index in [-0.39, 0.29) is 45.7 Å². The number of carbonyl (C=O) groups is 2. The largest absolute Gasteiger partial charge is 0.481 e. The molecule has 0 radical (unpaired) electrons. The van der Waals surface area contributed by atoms with Gasteiger partial charge in [0.1, 0.15) is 13.2 Å². The molecule has 0 atom stereocenters. The van der Waals surface area contributed by atoms with Crippen molar-refractivity contribution in [2.75, 3.05) is 39.4 Å². The van der Waals surface area contributed by atoms with Crippen molar-refractivity contribution in [3.8, 4) is 0 Å². The number of aliphatic carboxylic acids is 2. The minimum absolute atomic E-state index is 0.124. The molecule has 0 aromatic heterocycles. The van der Waals surface area contributed by atoms with E-state index in [4.69, 9.17) is 20.7 Å². The van der Waals surface area contributed by atoms with E-state index in [9.17, 15) is 9.59 Å². The molecule has 24 heavy (non-hydrogen) atoms. The van der Waals surface area contributed by atoms with Gasteiger partial charge in [-0.2, -0.15) is 0 Å². The standard InChI is InChI=1S/C14H24N2O8/c1-11(9-23-21)16(12(2)10-24-22)8-7-15(5-3-13(17)18)6-4-14(19)20/h21-22H,1-10H2,(H,17,18)(H,19,20). The Morgan fingerprint density at radius 3 is 1.54 bits per heavy atom. The first-order chi connectivity index (χ1) is 11.3. The molecule has 0 aromatic carbocycles. The van der Waals surface area contributed by atoms with Crippen molar-refractivity contribution in [3.05, 3.63) is 24.6 Å². The van der Waals surface area contributed by atoms with Crippen LogP contribution in [0.15, 0.2) is 24.6 Å². The van der Waals surface area contributed by atoms with Gasteiger partial charge in [0, 0.05) is 37.6 Å². The highest BCUT2D eigenvalue weighted by Crippen LogP contribution is 2.11. The number of hydrogen-bond donors (Lipinski definition) is 4. The van der Waals surface area contributed by atoms with Gasteiger partial charge in [-0.1, -0.05) is 13.2 Å². The van der Waals surface area contributed by atoms with Gasteiger partial charge in [-0.3, -0.25) is 20.1 Å². The van der Waals surface area contributed by atoms with Crippen LogP contribution in [0.1, 0.15) is 12.8 Å². The van der Waals surface area contributed by atoms with Crippen molar-refractivity contribution in [1.29, 1.82) is 0 Å². The lowest BCUT2D eigenvalue weighted by atomic mass is 10.3. The second-order valence-electron chi connectivity index (χ2n) is 4.96. The van der Waals surface area contributed by atoms with Crippen molar-refractivity contribution >= 4 is 11.9 Å². The van der Waals surface area contributed by atoms with Gasteiger partial charge < -0.3 is 20.0 Å². The lowest BCUT2D eigenvalue weighted by Crippen LogP contribution is -2.37. The average Bonchev–Trinajstić information content (AvgIpc) is 2.49. The van der Waals surface area contributed by atoms with E-state index >= 15 is 0 Å². The Morgan fingerprint density at radius 2 is 1.21 bits per heavy atom. The third kappa shape index (κ3) is 9.92. The van der Waals surface area contributed by atoms with Gasteiger partial charge in [0.25, 0.3) is 0 Å². The number of nitrogens with zero attached hydrogens (tertiary/aromatic N) is 2. The van der Waals surface area contributed by atoms with Gasteiger partial charge in [-0.25, -0.2) is 9.78 Å². The molecule has 10 nitrogen and oxygen atoms in total. The van der Waals surface area contributed by atoms with Crippen molar-refractivity contribution < 1.29 is 40.1 Å². The van der Waals surface area contributed by atoms with Gasteiger partial charge >= 0.3 is 11.9 Å². The van der Waals surface area contributed by atoms with E-state index in [0.29, 0.717) is 17.9 Å². The number of rotatable bonds is 15. The summed E-state index contributed by atoms with van der Waals surface area (Å²) in [6.07, 6.45) is -0.248. The van der Waals surface area contributed by atoms with Crippen LogP contribution in [-0.4, -0.2) is 81.9 Å². The summed E-state index contributed by atoms with van der Waals surface area (Å²) in [6, 6.07) is 0. The molecule has 10 heteroatoms. The Labute approximate surface area is 139 Å². The summed E-state index contributed by atoms with van der Waals surface area (Å²) in [4.78, 5) is 32.6. The van der Waals surface area contributed by atoms with Crippen LogP contribution in [-0.2, 0) is 19.4 Å². The molecule has 0 aliphatic rings. The summed E-state index contributed by atoms with van der Waals surface area (Å²) in [5.41, 5.74) is 0.687. The highest BCUT2D eigenvalue weighted by Gasteiger charge is 2.16. The highest BCUT2D eigenvalue weighted by molar-refractivity contribution is 5.67. The summed E-state index contributed by atoms with van der Waals surface area (Å²) >= 11 is 0.